The molecule has 4 atom stereocenters. The van der Waals surface area contributed by atoms with E-state index in [1.807, 2.05) is 60.7 Å². The van der Waals surface area contributed by atoms with E-state index in [1.54, 1.807) is 17.4 Å². The lowest BCUT2D eigenvalue weighted by molar-refractivity contribution is -0.130. The Morgan fingerprint density at radius 1 is 1.19 bits per heavy atom. The van der Waals surface area contributed by atoms with Crippen LogP contribution in [0.25, 0.3) is 0 Å². The maximum absolute atomic E-state index is 14.7. The monoisotopic (exact) mass is 497 g/mol. The lowest BCUT2D eigenvalue weighted by atomic mass is 9.70. The molecule has 3 aliphatic heterocycles. The Morgan fingerprint density at radius 2 is 2.00 bits per heavy atom. The molecule has 0 radical (unpaired) electrons. The first-order valence-corrected chi connectivity index (χ1v) is 13.6. The van der Waals surface area contributed by atoms with Crippen LogP contribution in [0.1, 0.15) is 56.4 Å². The zero-order valence-corrected chi connectivity index (χ0v) is 21.8. The van der Waals surface area contributed by atoms with E-state index in [0.29, 0.717) is 12.1 Å². The van der Waals surface area contributed by atoms with E-state index in [-0.39, 0.29) is 23.7 Å². The molecule has 2 aromatic carbocycles. The van der Waals surface area contributed by atoms with Crippen molar-refractivity contribution in [2.24, 2.45) is 5.92 Å². The second kappa shape index (κ2) is 8.49. The summed E-state index contributed by atoms with van der Waals surface area (Å²) >= 11 is 1.62. The van der Waals surface area contributed by atoms with E-state index in [2.05, 4.69) is 29.5 Å². The normalized spacial score (nSPS) is 27.0. The van der Waals surface area contributed by atoms with Crippen molar-refractivity contribution in [2.45, 2.75) is 51.1 Å². The number of aryl methyl sites for hydroxylation is 3. The van der Waals surface area contributed by atoms with E-state index in [0.717, 1.165) is 52.3 Å². The van der Waals surface area contributed by atoms with Crippen LogP contribution >= 0.6 is 11.3 Å². The molecular weight excluding hydrogens is 466 g/mol. The maximum atomic E-state index is 14.7. The third-order valence-electron chi connectivity index (χ3n) is 8.62. The van der Waals surface area contributed by atoms with Gasteiger partial charge in [-0.2, -0.15) is 0 Å². The molecule has 0 N–H and O–H groups in total. The summed E-state index contributed by atoms with van der Waals surface area (Å²) in [6, 6.07) is 14.1. The van der Waals surface area contributed by atoms with E-state index in [9.17, 15) is 9.59 Å². The van der Waals surface area contributed by atoms with Gasteiger partial charge >= 0.3 is 0 Å². The van der Waals surface area contributed by atoms with Gasteiger partial charge in [-0.05, 0) is 63.4 Å². The fourth-order valence-electron chi connectivity index (χ4n) is 7.00. The van der Waals surface area contributed by atoms with Crippen molar-refractivity contribution >= 4 is 28.7 Å². The predicted molar refractivity (Wildman–Crippen MR) is 144 cm³/mol. The molecule has 2 fully saturated rings. The van der Waals surface area contributed by atoms with Gasteiger partial charge in [-0.15, -0.1) is 17.9 Å². The highest BCUT2D eigenvalue weighted by Crippen LogP contribution is 2.62. The minimum atomic E-state index is -1.03. The van der Waals surface area contributed by atoms with E-state index >= 15 is 0 Å². The average Bonchev–Trinajstić information content (AvgIpc) is 3.62. The molecule has 4 heterocycles. The molecule has 6 rings (SSSR count). The molecule has 1 amide bonds. The van der Waals surface area contributed by atoms with Gasteiger partial charge in [0.25, 0.3) is 5.91 Å². The molecule has 0 unspecified atom stereocenters. The van der Waals surface area contributed by atoms with Crippen molar-refractivity contribution in [2.75, 3.05) is 18.0 Å². The number of fused-ring (bicyclic) bond motifs is 4. The standard InChI is InChI=1S/C30H31N3O2S/c1-5-14-32-23-10-7-6-9-22(23)30(29(32)35)26(27(34)21-13-12-18(2)19(3)16-21)25(24-11-8-15-33(24)30)28-20(4)31-17-36-28/h5-7,9-10,12-13,16-17,24-26H,1,8,11,14-15H2,2-4H3/t24-,25-,26-,30+/m0/s1. The van der Waals surface area contributed by atoms with Crippen LogP contribution in [0.2, 0.25) is 0 Å². The zero-order valence-electron chi connectivity index (χ0n) is 21.0. The summed E-state index contributed by atoms with van der Waals surface area (Å²) in [4.78, 5) is 39.3. The Balaban J connectivity index is 1.64. The quantitative estimate of drug-likeness (QED) is 0.342. The van der Waals surface area contributed by atoms with Crippen molar-refractivity contribution in [3.05, 3.63) is 93.5 Å². The Hall–Kier alpha value is -3.09. The number of aromatic nitrogens is 1. The molecular formula is C30H31N3O2S. The Kier molecular flexibility index (Phi) is 5.50. The first kappa shape index (κ1) is 23.3. The van der Waals surface area contributed by atoms with Crippen LogP contribution in [-0.4, -0.2) is 40.7 Å². The van der Waals surface area contributed by atoms with Crippen LogP contribution in [0.3, 0.4) is 0 Å². The van der Waals surface area contributed by atoms with Crippen LogP contribution < -0.4 is 4.90 Å². The Labute approximate surface area is 216 Å². The molecule has 3 aliphatic rings. The summed E-state index contributed by atoms with van der Waals surface area (Å²) in [5.41, 5.74) is 6.59. The number of carbonyl (C=O) groups is 2. The van der Waals surface area contributed by atoms with E-state index in [4.69, 9.17) is 0 Å². The zero-order chi connectivity index (χ0) is 25.2. The average molecular weight is 498 g/mol. The molecule has 1 aromatic heterocycles. The van der Waals surface area contributed by atoms with Gasteiger partial charge in [-0.1, -0.05) is 36.4 Å². The third kappa shape index (κ3) is 3.01. The Bertz CT molecular complexity index is 1390. The fourth-order valence-corrected chi connectivity index (χ4v) is 8.00. The molecule has 36 heavy (non-hydrogen) atoms. The largest absolute Gasteiger partial charge is 0.306 e. The number of ketones is 1. The van der Waals surface area contributed by atoms with Gasteiger partial charge < -0.3 is 4.90 Å². The number of Topliss-reactive ketones (excluding diaryl/α,β-unsaturated/α-hetero) is 1. The first-order valence-electron chi connectivity index (χ1n) is 12.7. The number of para-hydroxylation sites is 1. The smallest absolute Gasteiger partial charge is 0.253 e. The second-order valence-electron chi connectivity index (χ2n) is 10.4. The van der Waals surface area contributed by atoms with Gasteiger partial charge in [-0.3, -0.25) is 14.5 Å². The van der Waals surface area contributed by atoms with E-state index < -0.39 is 11.5 Å². The predicted octanol–water partition coefficient (Wildman–Crippen LogP) is 5.56. The summed E-state index contributed by atoms with van der Waals surface area (Å²) < 4.78 is 0. The molecule has 0 saturated carbocycles. The van der Waals surface area contributed by atoms with Crippen LogP contribution in [0.4, 0.5) is 5.69 Å². The summed E-state index contributed by atoms with van der Waals surface area (Å²) in [6.45, 7) is 11.3. The highest BCUT2D eigenvalue weighted by Gasteiger charge is 2.71. The minimum Gasteiger partial charge on any atom is -0.306 e. The van der Waals surface area contributed by atoms with Crippen molar-refractivity contribution in [1.29, 1.82) is 0 Å². The molecule has 2 saturated heterocycles. The maximum Gasteiger partial charge on any atom is 0.253 e. The molecule has 0 bridgehead atoms. The third-order valence-corrected chi connectivity index (χ3v) is 9.66. The van der Waals surface area contributed by atoms with Gasteiger partial charge in [0.1, 0.15) is 5.54 Å². The molecule has 0 aliphatic carbocycles. The fraction of sp³-hybridized carbons (Fsp3) is 0.367. The number of rotatable bonds is 5. The number of carbonyl (C=O) groups excluding carboxylic acids is 2. The van der Waals surface area contributed by atoms with Gasteiger partial charge in [0.15, 0.2) is 5.78 Å². The summed E-state index contributed by atoms with van der Waals surface area (Å²) in [5, 5.41) is 0. The molecule has 184 valence electrons. The number of benzene rings is 2. The van der Waals surface area contributed by atoms with Crippen LogP contribution in [0.15, 0.2) is 60.6 Å². The minimum absolute atomic E-state index is 0.00218. The van der Waals surface area contributed by atoms with Crippen molar-refractivity contribution in [3.8, 4) is 0 Å². The highest BCUT2D eigenvalue weighted by atomic mass is 32.1. The number of nitrogens with zero attached hydrogens (tertiary/aromatic N) is 3. The summed E-state index contributed by atoms with van der Waals surface area (Å²) in [5.74, 6) is -0.571. The Morgan fingerprint density at radius 3 is 2.72 bits per heavy atom. The van der Waals surface area contributed by atoms with Gasteiger partial charge in [0.05, 0.1) is 17.1 Å². The van der Waals surface area contributed by atoms with Crippen molar-refractivity contribution in [1.82, 2.24) is 9.88 Å². The number of anilines is 1. The molecule has 1 spiro atoms. The number of amides is 1. The first-order chi connectivity index (χ1) is 17.4. The SMILES string of the molecule is C=CCN1C(=O)[C@@]2(c3ccccc31)[C@H](C(=O)c1ccc(C)c(C)c1)[C@@H](c1scnc1C)[C@@H]1CCCN12. The number of thiazole rings is 1. The molecule has 6 heteroatoms. The lowest BCUT2D eigenvalue weighted by Gasteiger charge is -2.37. The lowest BCUT2D eigenvalue weighted by Crippen LogP contribution is -2.55. The van der Waals surface area contributed by atoms with Crippen LogP contribution in [0, 0.1) is 26.7 Å². The highest BCUT2D eigenvalue weighted by molar-refractivity contribution is 7.09. The van der Waals surface area contributed by atoms with Crippen LogP contribution in [-0.2, 0) is 10.3 Å². The van der Waals surface area contributed by atoms with Gasteiger partial charge in [-0.25, -0.2) is 4.98 Å². The van der Waals surface area contributed by atoms with Gasteiger partial charge in [0, 0.05) is 40.2 Å². The molecule has 5 nitrogen and oxygen atoms in total. The number of hydrogen-bond acceptors (Lipinski definition) is 5. The summed E-state index contributed by atoms with van der Waals surface area (Å²) in [6.07, 6.45) is 3.76. The van der Waals surface area contributed by atoms with Crippen LogP contribution in [0.5, 0.6) is 0 Å². The second-order valence-corrected chi connectivity index (χ2v) is 11.2. The number of hydrogen-bond donors (Lipinski definition) is 0. The topological polar surface area (TPSA) is 53.5 Å². The van der Waals surface area contributed by atoms with Crippen molar-refractivity contribution in [3.63, 3.8) is 0 Å². The van der Waals surface area contributed by atoms with Gasteiger partial charge in [0.2, 0.25) is 0 Å². The van der Waals surface area contributed by atoms with Crippen molar-refractivity contribution < 1.29 is 9.59 Å². The molecule has 3 aromatic rings. The summed E-state index contributed by atoms with van der Waals surface area (Å²) in [7, 11) is 0. The van der Waals surface area contributed by atoms with E-state index in [1.165, 1.54) is 0 Å².